The van der Waals surface area contributed by atoms with Gasteiger partial charge in [0, 0.05) is 18.3 Å². The van der Waals surface area contributed by atoms with Crippen LogP contribution in [0.15, 0.2) is 18.5 Å². The monoisotopic (exact) mass is 219 g/mol. The average Bonchev–Trinajstić information content (AvgIpc) is 2.39. The zero-order valence-electron chi connectivity index (χ0n) is 8.85. The van der Waals surface area contributed by atoms with E-state index in [9.17, 15) is 9.59 Å². The molecule has 0 amide bonds. The highest BCUT2D eigenvalue weighted by atomic mass is 16.2. The molecule has 2 heterocycles. The smallest absolute Gasteiger partial charge is 0.265 e. The first-order valence-electron chi connectivity index (χ1n) is 5.35. The number of hydrogen-bond acceptors (Lipinski definition) is 5. The summed E-state index contributed by atoms with van der Waals surface area (Å²) < 4.78 is 0. The van der Waals surface area contributed by atoms with Crippen LogP contribution in [0.1, 0.15) is 23.5 Å². The summed E-state index contributed by atoms with van der Waals surface area (Å²) in [6.45, 7) is 1.58. The zero-order chi connectivity index (χ0) is 11.4. The Hall–Kier alpha value is -1.62. The van der Waals surface area contributed by atoms with E-state index >= 15 is 0 Å². The van der Waals surface area contributed by atoms with Gasteiger partial charge in [0.1, 0.15) is 0 Å². The fourth-order valence-electron chi connectivity index (χ4n) is 1.80. The van der Waals surface area contributed by atoms with Gasteiger partial charge < -0.3 is 5.32 Å². The second kappa shape index (κ2) is 4.94. The number of carbonyl (C=O) groups excluding carboxylic acids is 2. The second-order valence-corrected chi connectivity index (χ2v) is 3.79. The number of Topliss-reactive ketones (excluding diaryl/α,β-unsaturated/α-hetero) is 2. The molecule has 0 spiro atoms. The van der Waals surface area contributed by atoms with E-state index in [-0.39, 0.29) is 17.5 Å². The summed E-state index contributed by atoms with van der Waals surface area (Å²) in [5.41, 5.74) is 0. The van der Waals surface area contributed by atoms with Gasteiger partial charge in [-0.15, -0.1) is 0 Å². The maximum absolute atomic E-state index is 11.8. The molecule has 0 unspecified atom stereocenters. The largest absolute Gasteiger partial charge is 0.317 e. The Labute approximate surface area is 93.3 Å². The molecular weight excluding hydrogens is 206 g/mol. The van der Waals surface area contributed by atoms with Crippen molar-refractivity contribution in [3.8, 4) is 0 Å². The molecule has 0 radical (unpaired) electrons. The molecule has 84 valence electrons. The van der Waals surface area contributed by atoms with Gasteiger partial charge in [-0.3, -0.25) is 9.59 Å². The Kier molecular flexibility index (Phi) is 3.36. The molecule has 1 aromatic rings. The molecule has 0 aromatic carbocycles. The first kappa shape index (κ1) is 10.9. The van der Waals surface area contributed by atoms with Gasteiger partial charge in [0.05, 0.1) is 0 Å². The number of rotatable bonds is 3. The number of hydrogen-bond donors (Lipinski definition) is 1. The standard InChI is InChI=1S/C11H13N3O2/c15-9(8-2-6-12-7-3-8)10(16)11-13-4-1-5-14-11/h1,4-5,8,12H,2-3,6-7H2. The second-order valence-electron chi connectivity index (χ2n) is 3.79. The van der Waals surface area contributed by atoms with Crippen LogP contribution in [0, 0.1) is 5.92 Å². The molecule has 0 bridgehead atoms. The van der Waals surface area contributed by atoms with E-state index < -0.39 is 5.78 Å². The molecule has 5 heteroatoms. The summed E-state index contributed by atoms with van der Waals surface area (Å²) in [6.07, 6.45) is 4.38. The van der Waals surface area contributed by atoms with E-state index in [0.717, 1.165) is 25.9 Å². The lowest BCUT2D eigenvalue weighted by molar-refractivity contribution is -0.119. The van der Waals surface area contributed by atoms with Crippen molar-refractivity contribution < 1.29 is 9.59 Å². The van der Waals surface area contributed by atoms with E-state index in [2.05, 4.69) is 15.3 Å². The highest BCUT2D eigenvalue weighted by molar-refractivity contribution is 6.43. The summed E-state index contributed by atoms with van der Waals surface area (Å²) in [7, 11) is 0. The van der Waals surface area contributed by atoms with E-state index in [1.807, 2.05) is 0 Å². The van der Waals surface area contributed by atoms with Gasteiger partial charge in [0.25, 0.3) is 5.78 Å². The van der Waals surface area contributed by atoms with Crippen LogP contribution in [-0.4, -0.2) is 34.6 Å². The van der Waals surface area contributed by atoms with Crippen molar-refractivity contribution >= 4 is 11.6 Å². The number of piperidine rings is 1. The molecule has 2 rings (SSSR count). The molecular formula is C11H13N3O2. The van der Waals surface area contributed by atoms with Crippen LogP contribution in [0.5, 0.6) is 0 Å². The van der Waals surface area contributed by atoms with E-state index in [1.54, 1.807) is 6.07 Å². The molecule has 1 saturated heterocycles. The Morgan fingerprint density at radius 1 is 1.19 bits per heavy atom. The summed E-state index contributed by atoms with van der Waals surface area (Å²) in [4.78, 5) is 31.2. The van der Waals surface area contributed by atoms with E-state index in [4.69, 9.17) is 0 Å². The molecule has 0 aliphatic carbocycles. The molecule has 1 aromatic heterocycles. The van der Waals surface area contributed by atoms with Gasteiger partial charge in [0.15, 0.2) is 0 Å². The van der Waals surface area contributed by atoms with Gasteiger partial charge >= 0.3 is 0 Å². The molecule has 5 nitrogen and oxygen atoms in total. The molecule has 1 fully saturated rings. The third kappa shape index (κ3) is 2.30. The predicted molar refractivity (Wildman–Crippen MR) is 57.0 cm³/mol. The Balaban J connectivity index is 2.07. The number of carbonyl (C=O) groups is 2. The van der Waals surface area contributed by atoms with Gasteiger partial charge in [-0.1, -0.05) is 0 Å². The molecule has 1 aliphatic heterocycles. The lowest BCUT2D eigenvalue weighted by Gasteiger charge is -2.20. The van der Waals surface area contributed by atoms with Crippen molar-refractivity contribution in [2.75, 3.05) is 13.1 Å². The van der Waals surface area contributed by atoms with Crippen molar-refractivity contribution in [1.82, 2.24) is 15.3 Å². The fourth-order valence-corrected chi connectivity index (χ4v) is 1.80. The van der Waals surface area contributed by atoms with Crippen LogP contribution in [0.3, 0.4) is 0 Å². The van der Waals surface area contributed by atoms with Crippen LogP contribution in [0.2, 0.25) is 0 Å². The minimum Gasteiger partial charge on any atom is -0.317 e. The van der Waals surface area contributed by atoms with Crippen molar-refractivity contribution in [3.63, 3.8) is 0 Å². The number of nitrogens with one attached hydrogen (secondary N) is 1. The van der Waals surface area contributed by atoms with Crippen molar-refractivity contribution in [1.29, 1.82) is 0 Å². The van der Waals surface area contributed by atoms with Crippen LogP contribution < -0.4 is 5.32 Å². The fraction of sp³-hybridized carbons (Fsp3) is 0.455. The lowest BCUT2D eigenvalue weighted by atomic mass is 9.91. The van der Waals surface area contributed by atoms with Crippen LogP contribution in [0.25, 0.3) is 0 Å². The predicted octanol–water partition coefficient (Wildman–Crippen LogP) is 0.228. The number of aromatic nitrogens is 2. The molecule has 1 N–H and O–H groups in total. The maximum Gasteiger partial charge on any atom is 0.265 e. The normalized spacial score (nSPS) is 17.0. The minimum absolute atomic E-state index is 0.00559. The first-order valence-corrected chi connectivity index (χ1v) is 5.35. The summed E-state index contributed by atoms with van der Waals surface area (Å²) in [5.74, 6) is -1.08. The topological polar surface area (TPSA) is 72.0 Å². The summed E-state index contributed by atoms with van der Waals surface area (Å²) in [5, 5.41) is 3.15. The third-order valence-corrected chi connectivity index (χ3v) is 2.70. The van der Waals surface area contributed by atoms with Crippen molar-refractivity contribution in [2.24, 2.45) is 5.92 Å². The highest BCUT2D eigenvalue weighted by Gasteiger charge is 2.28. The van der Waals surface area contributed by atoms with E-state index in [0.29, 0.717) is 0 Å². The molecule has 0 saturated carbocycles. The zero-order valence-corrected chi connectivity index (χ0v) is 8.85. The quantitative estimate of drug-likeness (QED) is 0.582. The maximum atomic E-state index is 11.8. The van der Waals surface area contributed by atoms with Crippen LogP contribution in [-0.2, 0) is 4.79 Å². The third-order valence-electron chi connectivity index (χ3n) is 2.70. The molecule has 0 atom stereocenters. The average molecular weight is 219 g/mol. The SMILES string of the molecule is O=C(C(=O)C1CCNCC1)c1ncccn1. The van der Waals surface area contributed by atoms with E-state index in [1.165, 1.54) is 12.4 Å². The Morgan fingerprint density at radius 2 is 1.81 bits per heavy atom. The van der Waals surface area contributed by atoms with Crippen molar-refractivity contribution in [3.05, 3.63) is 24.3 Å². The van der Waals surface area contributed by atoms with Gasteiger partial charge in [-0.05, 0) is 32.0 Å². The Bertz CT molecular complexity index is 385. The van der Waals surface area contributed by atoms with Gasteiger partial charge in [-0.25, -0.2) is 9.97 Å². The molecule has 1 aliphatic rings. The first-order chi connectivity index (χ1) is 7.79. The van der Waals surface area contributed by atoms with Crippen molar-refractivity contribution in [2.45, 2.75) is 12.8 Å². The lowest BCUT2D eigenvalue weighted by Crippen LogP contribution is -2.35. The summed E-state index contributed by atoms with van der Waals surface area (Å²) in [6, 6.07) is 1.62. The number of ketones is 2. The van der Waals surface area contributed by atoms with Gasteiger partial charge in [0.2, 0.25) is 11.6 Å². The number of nitrogens with zero attached hydrogens (tertiary/aromatic N) is 2. The van der Waals surface area contributed by atoms with Gasteiger partial charge in [-0.2, -0.15) is 0 Å². The molecule has 16 heavy (non-hydrogen) atoms. The Morgan fingerprint density at radius 3 is 2.44 bits per heavy atom. The van der Waals surface area contributed by atoms with Crippen LogP contribution in [0.4, 0.5) is 0 Å². The minimum atomic E-state index is -0.563. The van der Waals surface area contributed by atoms with Crippen LogP contribution >= 0.6 is 0 Å². The highest BCUT2D eigenvalue weighted by Crippen LogP contribution is 2.14. The summed E-state index contributed by atoms with van der Waals surface area (Å²) >= 11 is 0.